The van der Waals surface area contributed by atoms with Crippen molar-refractivity contribution < 1.29 is 9.47 Å². The van der Waals surface area contributed by atoms with Crippen molar-refractivity contribution in [3.05, 3.63) is 53.6 Å². The Morgan fingerprint density at radius 3 is 2.18 bits per heavy atom. The number of nitrogens with zero attached hydrogens (tertiary/aromatic N) is 1. The van der Waals surface area contributed by atoms with Gasteiger partial charge in [-0.3, -0.25) is 0 Å². The minimum Gasteiger partial charge on any atom is -0.493 e. The van der Waals surface area contributed by atoms with Crippen LogP contribution in [0.2, 0.25) is 0 Å². The van der Waals surface area contributed by atoms with Crippen LogP contribution in [0, 0.1) is 0 Å². The molecule has 22 heavy (non-hydrogen) atoms. The van der Waals surface area contributed by atoms with E-state index in [9.17, 15) is 0 Å². The van der Waals surface area contributed by atoms with E-state index in [4.69, 9.17) is 15.2 Å². The van der Waals surface area contributed by atoms with Gasteiger partial charge >= 0.3 is 0 Å². The first-order valence-corrected chi connectivity index (χ1v) is 7.36. The highest BCUT2D eigenvalue weighted by molar-refractivity contribution is 5.43. The van der Waals surface area contributed by atoms with E-state index in [1.807, 2.05) is 24.3 Å². The molecule has 2 rings (SSSR count). The Hall–Kier alpha value is -2.20. The molecule has 0 radical (unpaired) electrons. The van der Waals surface area contributed by atoms with Gasteiger partial charge in [-0.05, 0) is 48.9 Å². The second-order valence-corrected chi connectivity index (χ2v) is 5.42. The van der Waals surface area contributed by atoms with Gasteiger partial charge in [0, 0.05) is 18.8 Å². The molecule has 0 aliphatic rings. The quantitative estimate of drug-likeness (QED) is 0.799. The predicted octanol–water partition coefficient (Wildman–Crippen LogP) is 2.96. The average molecular weight is 300 g/mol. The normalized spacial score (nSPS) is 10.7. The zero-order valence-corrected chi connectivity index (χ0v) is 13.5. The molecule has 4 heteroatoms. The van der Waals surface area contributed by atoms with Gasteiger partial charge in [0.25, 0.3) is 0 Å². The van der Waals surface area contributed by atoms with E-state index < -0.39 is 0 Å². The third-order valence-electron chi connectivity index (χ3n) is 3.66. The molecule has 2 aromatic carbocycles. The van der Waals surface area contributed by atoms with Crippen molar-refractivity contribution in [3.8, 4) is 11.5 Å². The van der Waals surface area contributed by atoms with Crippen LogP contribution in [0.5, 0.6) is 11.5 Å². The Bertz CT molecular complexity index is 597. The van der Waals surface area contributed by atoms with Gasteiger partial charge < -0.3 is 20.1 Å². The first-order valence-electron chi connectivity index (χ1n) is 7.36. The Morgan fingerprint density at radius 2 is 1.55 bits per heavy atom. The minimum absolute atomic E-state index is 0.760. The van der Waals surface area contributed by atoms with E-state index in [0.717, 1.165) is 36.7 Å². The number of anilines is 1. The molecule has 2 N–H and O–H groups in total. The van der Waals surface area contributed by atoms with E-state index >= 15 is 0 Å². The van der Waals surface area contributed by atoms with E-state index in [1.165, 1.54) is 11.1 Å². The van der Waals surface area contributed by atoms with Crippen LogP contribution < -0.4 is 15.2 Å². The SMILES string of the molecule is COc1ccc(CN(C)CCc2ccc(N)cc2)cc1OC. The van der Waals surface area contributed by atoms with Gasteiger partial charge in [0.05, 0.1) is 14.2 Å². The summed E-state index contributed by atoms with van der Waals surface area (Å²) in [7, 11) is 5.43. The zero-order chi connectivity index (χ0) is 15.9. The first kappa shape index (κ1) is 16.2. The maximum absolute atomic E-state index is 5.70. The van der Waals surface area contributed by atoms with Crippen LogP contribution in [-0.2, 0) is 13.0 Å². The number of hydrogen-bond acceptors (Lipinski definition) is 4. The number of benzene rings is 2. The fourth-order valence-corrected chi connectivity index (χ4v) is 2.37. The molecule has 0 spiro atoms. The van der Waals surface area contributed by atoms with Crippen LogP contribution in [0.15, 0.2) is 42.5 Å². The maximum Gasteiger partial charge on any atom is 0.161 e. The van der Waals surface area contributed by atoms with Gasteiger partial charge in [-0.1, -0.05) is 18.2 Å². The average Bonchev–Trinajstić information content (AvgIpc) is 2.54. The van der Waals surface area contributed by atoms with Crippen molar-refractivity contribution >= 4 is 5.69 Å². The van der Waals surface area contributed by atoms with Crippen molar-refractivity contribution in [3.63, 3.8) is 0 Å². The topological polar surface area (TPSA) is 47.7 Å². The van der Waals surface area contributed by atoms with Crippen LogP contribution in [-0.4, -0.2) is 32.7 Å². The number of ether oxygens (including phenoxy) is 2. The van der Waals surface area contributed by atoms with Crippen molar-refractivity contribution in [2.24, 2.45) is 0 Å². The molecule has 2 aromatic rings. The third kappa shape index (κ3) is 4.40. The summed E-state index contributed by atoms with van der Waals surface area (Å²) in [5.41, 5.74) is 9.02. The molecular formula is C18H24N2O2. The lowest BCUT2D eigenvalue weighted by molar-refractivity contribution is 0.327. The van der Waals surface area contributed by atoms with Gasteiger partial charge in [0.1, 0.15) is 0 Å². The van der Waals surface area contributed by atoms with Crippen LogP contribution in [0.25, 0.3) is 0 Å². The summed E-state index contributed by atoms with van der Waals surface area (Å²) in [6.07, 6.45) is 1.00. The summed E-state index contributed by atoms with van der Waals surface area (Å²) >= 11 is 0. The highest BCUT2D eigenvalue weighted by Gasteiger charge is 2.07. The Kier molecular flexibility index (Phi) is 5.67. The lowest BCUT2D eigenvalue weighted by atomic mass is 10.1. The molecule has 0 aromatic heterocycles. The molecule has 0 amide bonds. The molecule has 118 valence electrons. The lowest BCUT2D eigenvalue weighted by Crippen LogP contribution is -2.20. The van der Waals surface area contributed by atoms with E-state index in [-0.39, 0.29) is 0 Å². The highest BCUT2D eigenvalue weighted by atomic mass is 16.5. The fourth-order valence-electron chi connectivity index (χ4n) is 2.37. The summed E-state index contributed by atoms with van der Waals surface area (Å²) in [6.45, 7) is 1.85. The van der Waals surface area contributed by atoms with Gasteiger partial charge in [-0.15, -0.1) is 0 Å². The fraction of sp³-hybridized carbons (Fsp3) is 0.333. The molecular weight excluding hydrogens is 276 g/mol. The first-order chi connectivity index (χ1) is 10.6. The number of rotatable bonds is 7. The second-order valence-electron chi connectivity index (χ2n) is 5.42. The summed E-state index contributed by atoms with van der Waals surface area (Å²) < 4.78 is 10.6. The molecule has 0 heterocycles. The second kappa shape index (κ2) is 7.71. The largest absolute Gasteiger partial charge is 0.493 e. The van der Waals surface area contributed by atoms with Crippen molar-refractivity contribution in [2.75, 3.05) is 33.5 Å². The number of likely N-dealkylation sites (N-methyl/N-ethyl adjacent to an activating group) is 1. The lowest BCUT2D eigenvalue weighted by Gasteiger charge is -2.18. The van der Waals surface area contributed by atoms with Crippen molar-refractivity contribution in [2.45, 2.75) is 13.0 Å². The smallest absolute Gasteiger partial charge is 0.161 e. The van der Waals surface area contributed by atoms with Crippen LogP contribution in [0.4, 0.5) is 5.69 Å². The zero-order valence-electron chi connectivity index (χ0n) is 13.5. The summed E-state index contributed by atoms with van der Waals surface area (Å²) in [6, 6.07) is 14.1. The number of nitrogens with two attached hydrogens (primary N) is 1. The van der Waals surface area contributed by atoms with E-state index in [0.29, 0.717) is 0 Å². The van der Waals surface area contributed by atoms with Crippen LogP contribution in [0.3, 0.4) is 0 Å². The number of hydrogen-bond donors (Lipinski definition) is 1. The van der Waals surface area contributed by atoms with Crippen molar-refractivity contribution in [1.82, 2.24) is 4.90 Å². The minimum atomic E-state index is 0.760. The van der Waals surface area contributed by atoms with Crippen molar-refractivity contribution in [1.29, 1.82) is 0 Å². The number of methoxy groups -OCH3 is 2. The molecule has 0 saturated heterocycles. The number of nitrogen functional groups attached to an aromatic ring is 1. The molecule has 4 nitrogen and oxygen atoms in total. The Labute approximate surface area is 132 Å². The Morgan fingerprint density at radius 1 is 0.909 bits per heavy atom. The third-order valence-corrected chi connectivity index (χ3v) is 3.66. The standard InChI is InChI=1S/C18H24N2O2/c1-20(11-10-14-4-7-16(19)8-5-14)13-15-6-9-17(21-2)18(12-15)22-3/h4-9,12H,10-11,13,19H2,1-3H3. The van der Waals surface area contributed by atoms with Crippen LogP contribution >= 0.6 is 0 Å². The highest BCUT2D eigenvalue weighted by Crippen LogP contribution is 2.27. The molecule has 0 atom stereocenters. The van der Waals surface area contributed by atoms with Gasteiger partial charge in [0.2, 0.25) is 0 Å². The molecule has 0 saturated carbocycles. The maximum atomic E-state index is 5.70. The monoisotopic (exact) mass is 300 g/mol. The predicted molar refractivity (Wildman–Crippen MR) is 90.4 cm³/mol. The summed E-state index contributed by atoms with van der Waals surface area (Å²) in [5, 5.41) is 0. The molecule has 0 bridgehead atoms. The van der Waals surface area contributed by atoms with E-state index in [2.05, 4.69) is 30.1 Å². The van der Waals surface area contributed by atoms with Gasteiger partial charge in [-0.25, -0.2) is 0 Å². The van der Waals surface area contributed by atoms with Gasteiger partial charge in [0.15, 0.2) is 11.5 Å². The Balaban J connectivity index is 1.91. The molecule has 0 aliphatic heterocycles. The molecule has 0 aliphatic carbocycles. The van der Waals surface area contributed by atoms with Gasteiger partial charge in [-0.2, -0.15) is 0 Å². The summed E-state index contributed by atoms with van der Waals surface area (Å²) in [4.78, 5) is 2.29. The molecule has 0 unspecified atom stereocenters. The summed E-state index contributed by atoms with van der Waals surface area (Å²) in [5.74, 6) is 1.53. The van der Waals surface area contributed by atoms with E-state index in [1.54, 1.807) is 14.2 Å². The molecule has 0 fully saturated rings. The van der Waals surface area contributed by atoms with Crippen LogP contribution in [0.1, 0.15) is 11.1 Å².